The Bertz CT molecular complexity index is 778. The second-order valence-corrected chi connectivity index (χ2v) is 7.55. The van der Waals surface area contributed by atoms with Crippen LogP contribution in [0, 0.1) is 6.92 Å². The van der Waals surface area contributed by atoms with Crippen molar-refractivity contribution in [2.75, 3.05) is 33.3 Å². The highest BCUT2D eigenvalue weighted by Crippen LogP contribution is 2.24. The fourth-order valence-electron chi connectivity index (χ4n) is 3.33. The predicted octanol–water partition coefficient (Wildman–Crippen LogP) is 4.11. The number of aryl methyl sites for hydroxylation is 1. The highest BCUT2D eigenvalue weighted by molar-refractivity contribution is 9.10. The zero-order valence-corrected chi connectivity index (χ0v) is 17.0. The molecule has 138 valence electrons. The minimum atomic E-state index is 0.0634. The summed E-state index contributed by atoms with van der Waals surface area (Å²) in [5, 5.41) is 0. The maximum atomic E-state index is 13.0. The molecule has 0 spiro atoms. The molecule has 1 amide bonds. The Balaban J connectivity index is 1.67. The van der Waals surface area contributed by atoms with Gasteiger partial charge in [0.2, 0.25) is 0 Å². The van der Waals surface area contributed by atoms with Crippen LogP contribution in [0.1, 0.15) is 27.9 Å². The zero-order chi connectivity index (χ0) is 18.5. The average molecular weight is 417 g/mol. The topological polar surface area (TPSA) is 32.8 Å². The third-order valence-electron chi connectivity index (χ3n) is 4.93. The molecule has 0 radical (unpaired) electrons. The van der Waals surface area contributed by atoms with Gasteiger partial charge in [0.1, 0.15) is 5.75 Å². The van der Waals surface area contributed by atoms with E-state index in [0.717, 1.165) is 43.6 Å². The van der Waals surface area contributed by atoms with Gasteiger partial charge in [-0.05, 0) is 58.6 Å². The lowest BCUT2D eigenvalue weighted by atomic mass is 10.1. The third-order valence-corrected chi connectivity index (χ3v) is 5.63. The summed E-state index contributed by atoms with van der Waals surface area (Å²) in [5.74, 6) is 0.765. The lowest BCUT2D eigenvalue weighted by Crippen LogP contribution is -2.35. The van der Waals surface area contributed by atoms with Crippen LogP contribution in [-0.4, -0.2) is 49.0 Å². The maximum absolute atomic E-state index is 13.0. The molecule has 0 saturated carbocycles. The average Bonchev–Trinajstić information content (AvgIpc) is 2.89. The Morgan fingerprint density at radius 2 is 1.92 bits per heavy atom. The number of carbonyl (C=O) groups excluding carboxylic acids is 1. The van der Waals surface area contributed by atoms with E-state index in [4.69, 9.17) is 4.74 Å². The predicted molar refractivity (Wildman–Crippen MR) is 108 cm³/mol. The molecular formula is C21H25BrN2O2. The summed E-state index contributed by atoms with van der Waals surface area (Å²) in [7, 11) is 1.62. The summed E-state index contributed by atoms with van der Waals surface area (Å²) in [5.41, 5.74) is 3.35. The van der Waals surface area contributed by atoms with Crippen molar-refractivity contribution in [3.05, 3.63) is 63.6 Å². The van der Waals surface area contributed by atoms with Crippen LogP contribution in [0.4, 0.5) is 0 Å². The van der Waals surface area contributed by atoms with Crippen molar-refractivity contribution >= 4 is 21.8 Å². The number of rotatable bonds is 4. The van der Waals surface area contributed by atoms with E-state index in [9.17, 15) is 4.79 Å². The molecule has 1 aliphatic rings. The standard InChI is InChI=1S/C21H25BrN2O2/c1-16-6-3-4-7-17(16)15-23-10-5-11-24(13-12-23)21(25)19-14-18(26-2)8-9-20(19)22/h3-4,6-9,14H,5,10-13,15H2,1-2H3. The van der Waals surface area contributed by atoms with Crippen LogP contribution in [0.5, 0.6) is 5.75 Å². The molecule has 1 saturated heterocycles. The van der Waals surface area contributed by atoms with Gasteiger partial charge in [-0.3, -0.25) is 9.69 Å². The van der Waals surface area contributed by atoms with Crippen molar-refractivity contribution in [3.63, 3.8) is 0 Å². The Morgan fingerprint density at radius 1 is 1.12 bits per heavy atom. The Hall–Kier alpha value is -1.85. The number of hydrogen-bond acceptors (Lipinski definition) is 3. The normalized spacial score (nSPS) is 15.6. The van der Waals surface area contributed by atoms with Crippen molar-refractivity contribution in [1.29, 1.82) is 0 Å². The van der Waals surface area contributed by atoms with Gasteiger partial charge >= 0.3 is 0 Å². The van der Waals surface area contributed by atoms with Crippen molar-refractivity contribution < 1.29 is 9.53 Å². The van der Waals surface area contributed by atoms with Crippen molar-refractivity contribution in [1.82, 2.24) is 9.80 Å². The van der Waals surface area contributed by atoms with E-state index in [0.29, 0.717) is 11.3 Å². The highest BCUT2D eigenvalue weighted by atomic mass is 79.9. The Kier molecular flexibility index (Phi) is 6.33. The van der Waals surface area contributed by atoms with E-state index < -0.39 is 0 Å². The van der Waals surface area contributed by atoms with Gasteiger partial charge in [-0.2, -0.15) is 0 Å². The second-order valence-electron chi connectivity index (χ2n) is 6.69. The lowest BCUT2D eigenvalue weighted by molar-refractivity contribution is 0.0760. The molecule has 1 fully saturated rings. The molecule has 3 rings (SSSR count). The van der Waals surface area contributed by atoms with Crippen LogP contribution in [-0.2, 0) is 6.54 Å². The van der Waals surface area contributed by atoms with Gasteiger partial charge in [0, 0.05) is 37.2 Å². The van der Waals surface area contributed by atoms with E-state index in [1.807, 2.05) is 23.1 Å². The molecule has 4 nitrogen and oxygen atoms in total. The zero-order valence-electron chi connectivity index (χ0n) is 15.4. The maximum Gasteiger partial charge on any atom is 0.255 e. The second kappa shape index (κ2) is 8.69. The summed E-state index contributed by atoms with van der Waals surface area (Å²) in [4.78, 5) is 17.4. The van der Waals surface area contributed by atoms with Crippen LogP contribution < -0.4 is 4.74 Å². The largest absolute Gasteiger partial charge is 0.497 e. The number of halogens is 1. The van der Waals surface area contributed by atoms with Gasteiger partial charge in [-0.15, -0.1) is 0 Å². The Morgan fingerprint density at radius 3 is 2.69 bits per heavy atom. The van der Waals surface area contributed by atoms with Crippen molar-refractivity contribution in [2.45, 2.75) is 19.9 Å². The summed E-state index contributed by atoms with van der Waals surface area (Å²) in [6.07, 6.45) is 0.985. The molecule has 2 aromatic carbocycles. The number of nitrogens with zero attached hydrogens (tertiary/aromatic N) is 2. The summed E-state index contributed by atoms with van der Waals surface area (Å²) in [6, 6.07) is 14.0. The number of ether oxygens (including phenoxy) is 1. The number of amides is 1. The summed E-state index contributed by atoms with van der Waals surface area (Å²) in [6.45, 7) is 6.53. The SMILES string of the molecule is COc1ccc(Br)c(C(=O)N2CCCN(Cc3ccccc3C)CC2)c1. The number of hydrogen-bond donors (Lipinski definition) is 0. The summed E-state index contributed by atoms with van der Waals surface area (Å²) >= 11 is 3.50. The minimum Gasteiger partial charge on any atom is -0.497 e. The molecule has 0 bridgehead atoms. The number of benzene rings is 2. The van der Waals surface area contributed by atoms with Crippen molar-refractivity contribution in [3.8, 4) is 5.75 Å². The number of methoxy groups -OCH3 is 1. The number of carbonyl (C=O) groups is 1. The van der Waals surface area contributed by atoms with E-state index in [2.05, 4.69) is 52.0 Å². The molecule has 0 aliphatic carbocycles. The molecule has 1 heterocycles. The Labute approximate surface area is 163 Å². The molecule has 0 aromatic heterocycles. The van der Waals surface area contributed by atoms with Gasteiger partial charge in [0.15, 0.2) is 0 Å². The molecule has 26 heavy (non-hydrogen) atoms. The van der Waals surface area contributed by atoms with Gasteiger partial charge in [-0.1, -0.05) is 24.3 Å². The van der Waals surface area contributed by atoms with Crippen LogP contribution in [0.25, 0.3) is 0 Å². The molecule has 0 unspecified atom stereocenters. The van der Waals surface area contributed by atoms with Crippen LogP contribution in [0.3, 0.4) is 0 Å². The van der Waals surface area contributed by atoms with Gasteiger partial charge in [0.25, 0.3) is 5.91 Å². The fourth-order valence-corrected chi connectivity index (χ4v) is 3.74. The highest BCUT2D eigenvalue weighted by Gasteiger charge is 2.22. The van der Waals surface area contributed by atoms with E-state index in [-0.39, 0.29) is 5.91 Å². The van der Waals surface area contributed by atoms with Gasteiger partial charge in [0.05, 0.1) is 12.7 Å². The smallest absolute Gasteiger partial charge is 0.255 e. The van der Waals surface area contributed by atoms with E-state index in [1.54, 1.807) is 7.11 Å². The van der Waals surface area contributed by atoms with E-state index in [1.165, 1.54) is 11.1 Å². The molecule has 2 aromatic rings. The lowest BCUT2D eigenvalue weighted by Gasteiger charge is -2.23. The molecular weight excluding hydrogens is 392 g/mol. The van der Waals surface area contributed by atoms with Crippen molar-refractivity contribution in [2.24, 2.45) is 0 Å². The minimum absolute atomic E-state index is 0.0634. The molecule has 0 N–H and O–H groups in total. The molecule has 5 heteroatoms. The first-order valence-electron chi connectivity index (χ1n) is 8.98. The first-order chi connectivity index (χ1) is 12.6. The van der Waals surface area contributed by atoms with Crippen LogP contribution in [0.2, 0.25) is 0 Å². The quantitative estimate of drug-likeness (QED) is 0.751. The van der Waals surface area contributed by atoms with Crippen LogP contribution >= 0.6 is 15.9 Å². The first kappa shape index (κ1) is 18.9. The van der Waals surface area contributed by atoms with Crippen LogP contribution in [0.15, 0.2) is 46.9 Å². The first-order valence-corrected chi connectivity index (χ1v) is 9.77. The van der Waals surface area contributed by atoms with Gasteiger partial charge < -0.3 is 9.64 Å². The molecule has 1 aliphatic heterocycles. The molecule has 0 atom stereocenters. The fraction of sp³-hybridized carbons (Fsp3) is 0.381. The summed E-state index contributed by atoms with van der Waals surface area (Å²) < 4.78 is 6.08. The van der Waals surface area contributed by atoms with Gasteiger partial charge in [-0.25, -0.2) is 0 Å². The third kappa shape index (κ3) is 4.46. The van der Waals surface area contributed by atoms with E-state index >= 15 is 0 Å². The monoisotopic (exact) mass is 416 g/mol.